The maximum atomic E-state index is 12.2. The Morgan fingerprint density at radius 3 is 2.63 bits per heavy atom. The molecule has 19 heavy (non-hydrogen) atoms. The highest BCUT2D eigenvalue weighted by Gasteiger charge is 2.12. The first-order valence-electron chi connectivity index (χ1n) is 5.15. The molecule has 1 aromatic carbocycles. The van der Waals surface area contributed by atoms with E-state index in [9.17, 15) is 4.79 Å². The molecule has 5 nitrogen and oxygen atoms in total. The molecule has 0 aliphatic rings. The lowest BCUT2D eigenvalue weighted by Crippen LogP contribution is -2.11. The van der Waals surface area contributed by atoms with Crippen LogP contribution in [-0.2, 0) is 9.68 Å². The number of ketones is 1. The zero-order chi connectivity index (χ0) is 14.3. The lowest BCUT2D eigenvalue weighted by Gasteiger charge is -2.04. The third-order valence-electron chi connectivity index (χ3n) is 2.07. The van der Waals surface area contributed by atoms with Gasteiger partial charge in [0.25, 0.3) is 0 Å². The number of hydrogen-bond acceptors (Lipinski definition) is 5. The molecule has 0 unspecified atom stereocenters. The zero-order valence-electron chi connectivity index (χ0n) is 10.3. The molecular formula is C12H12Cl2N2O3. The van der Waals surface area contributed by atoms with Crippen LogP contribution < -0.4 is 5.48 Å². The van der Waals surface area contributed by atoms with Gasteiger partial charge in [0.05, 0.1) is 28.9 Å². The first-order valence-corrected chi connectivity index (χ1v) is 5.90. The van der Waals surface area contributed by atoms with Crippen LogP contribution in [0, 0.1) is 0 Å². The van der Waals surface area contributed by atoms with Gasteiger partial charge in [-0.3, -0.25) is 15.1 Å². The second-order valence-electron chi connectivity index (χ2n) is 3.30. The molecule has 102 valence electrons. The summed E-state index contributed by atoms with van der Waals surface area (Å²) in [5.41, 5.74) is 3.06. The van der Waals surface area contributed by atoms with Gasteiger partial charge in [-0.25, -0.2) is 0 Å². The zero-order valence-corrected chi connectivity index (χ0v) is 11.8. The molecule has 1 N–H and O–H groups in total. The van der Waals surface area contributed by atoms with Crippen molar-refractivity contribution in [3.05, 3.63) is 45.6 Å². The van der Waals surface area contributed by atoms with Crippen molar-refractivity contribution in [3.8, 4) is 0 Å². The van der Waals surface area contributed by atoms with E-state index in [0.717, 1.165) is 0 Å². The molecule has 1 rings (SSSR count). The van der Waals surface area contributed by atoms with E-state index in [1.807, 2.05) is 0 Å². The SMILES string of the molecule is CO/N=C\C(=CNOC)C(=O)c1ccc(Cl)c(Cl)c1. The smallest absolute Gasteiger partial charge is 0.196 e. The molecule has 0 aliphatic carbocycles. The second kappa shape index (κ2) is 7.78. The molecular weight excluding hydrogens is 291 g/mol. The van der Waals surface area contributed by atoms with Crippen LogP contribution in [0.4, 0.5) is 0 Å². The van der Waals surface area contributed by atoms with Crippen LogP contribution in [0.15, 0.2) is 35.1 Å². The van der Waals surface area contributed by atoms with Gasteiger partial charge >= 0.3 is 0 Å². The van der Waals surface area contributed by atoms with Crippen molar-refractivity contribution in [1.29, 1.82) is 0 Å². The van der Waals surface area contributed by atoms with Gasteiger partial charge in [0, 0.05) is 11.8 Å². The summed E-state index contributed by atoms with van der Waals surface area (Å²) >= 11 is 11.7. The van der Waals surface area contributed by atoms with Gasteiger partial charge < -0.3 is 4.84 Å². The number of nitrogens with zero attached hydrogens (tertiary/aromatic N) is 1. The summed E-state index contributed by atoms with van der Waals surface area (Å²) in [5, 5.41) is 4.22. The van der Waals surface area contributed by atoms with Crippen molar-refractivity contribution in [2.45, 2.75) is 0 Å². The third-order valence-corrected chi connectivity index (χ3v) is 2.81. The van der Waals surface area contributed by atoms with Crippen molar-refractivity contribution >= 4 is 35.2 Å². The van der Waals surface area contributed by atoms with Gasteiger partial charge in [-0.2, -0.15) is 0 Å². The number of allylic oxidation sites excluding steroid dienone is 1. The van der Waals surface area contributed by atoms with Crippen molar-refractivity contribution in [3.63, 3.8) is 0 Å². The Labute approximate surface area is 120 Å². The van der Waals surface area contributed by atoms with Gasteiger partial charge in [-0.15, -0.1) is 0 Å². The fourth-order valence-corrected chi connectivity index (χ4v) is 1.50. The molecule has 1 aromatic rings. The van der Waals surface area contributed by atoms with Crippen molar-refractivity contribution in [1.82, 2.24) is 5.48 Å². The highest BCUT2D eigenvalue weighted by molar-refractivity contribution is 6.42. The summed E-state index contributed by atoms with van der Waals surface area (Å²) in [6.07, 6.45) is 2.62. The van der Waals surface area contributed by atoms with Crippen LogP contribution >= 0.6 is 23.2 Å². The molecule has 0 fully saturated rings. The molecule has 0 aromatic heterocycles. The number of halogens is 2. The predicted molar refractivity (Wildman–Crippen MR) is 74.5 cm³/mol. The van der Waals surface area contributed by atoms with Gasteiger partial charge in [0.15, 0.2) is 5.78 Å². The highest BCUT2D eigenvalue weighted by atomic mass is 35.5. The maximum absolute atomic E-state index is 12.2. The average Bonchev–Trinajstić information content (AvgIpc) is 2.41. The van der Waals surface area contributed by atoms with Crippen molar-refractivity contribution in [2.24, 2.45) is 5.16 Å². The summed E-state index contributed by atoms with van der Waals surface area (Å²) in [5.74, 6) is -0.302. The van der Waals surface area contributed by atoms with Crippen LogP contribution in [0.2, 0.25) is 10.0 Å². The lowest BCUT2D eigenvalue weighted by molar-refractivity contribution is 0.102. The molecule has 0 heterocycles. The third kappa shape index (κ3) is 4.55. The summed E-state index contributed by atoms with van der Waals surface area (Å²) < 4.78 is 0. The molecule has 0 bridgehead atoms. The van der Waals surface area contributed by atoms with Crippen LogP contribution in [-0.4, -0.2) is 26.2 Å². The fraction of sp³-hybridized carbons (Fsp3) is 0.167. The molecule has 0 atom stereocenters. The number of hydroxylamine groups is 1. The second-order valence-corrected chi connectivity index (χ2v) is 4.11. The minimum absolute atomic E-state index is 0.238. The minimum atomic E-state index is -0.302. The largest absolute Gasteiger partial charge is 0.399 e. The lowest BCUT2D eigenvalue weighted by atomic mass is 10.1. The monoisotopic (exact) mass is 302 g/mol. The summed E-state index contributed by atoms with van der Waals surface area (Å²) in [4.78, 5) is 21.4. The first-order chi connectivity index (χ1) is 9.10. The number of rotatable bonds is 6. The van der Waals surface area contributed by atoms with E-state index in [0.29, 0.717) is 15.6 Å². The Kier molecular flexibility index (Phi) is 6.35. The standard InChI is InChI=1S/C12H12Cl2N2O3/c1-18-15-6-9(7-16-19-2)12(17)8-3-4-10(13)11(14)5-8/h3-7,15H,1-2H3/b9-6?,16-7-. The van der Waals surface area contributed by atoms with E-state index in [-0.39, 0.29) is 11.4 Å². The van der Waals surface area contributed by atoms with Crippen LogP contribution in [0.3, 0.4) is 0 Å². The molecule has 0 saturated heterocycles. The van der Waals surface area contributed by atoms with Crippen LogP contribution in [0.1, 0.15) is 10.4 Å². The Morgan fingerprint density at radius 1 is 1.32 bits per heavy atom. The van der Waals surface area contributed by atoms with E-state index in [2.05, 4.69) is 20.3 Å². The van der Waals surface area contributed by atoms with Crippen LogP contribution in [0.25, 0.3) is 0 Å². The Bertz CT molecular complexity index is 516. The fourth-order valence-electron chi connectivity index (χ4n) is 1.20. The Morgan fingerprint density at radius 2 is 2.05 bits per heavy atom. The molecule has 0 saturated carbocycles. The number of nitrogens with one attached hydrogen (secondary N) is 1. The van der Waals surface area contributed by atoms with E-state index < -0.39 is 0 Å². The summed E-state index contributed by atoms with van der Waals surface area (Å²) in [6, 6.07) is 4.59. The molecule has 7 heteroatoms. The Hall–Kier alpha value is -1.56. The van der Waals surface area contributed by atoms with Crippen molar-refractivity contribution in [2.75, 3.05) is 14.2 Å². The molecule has 0 spiro atoms. The number of oxime groups is 1. The summed E-state index contributed by atoms with van der Waals surface area (Å²) in [7, 11) is 2.80. The Balaban J connectivity index is 3.04. The van der Waals surface area contributed by atoms with Crippen molar-refractivity contribution < 1.29 is 14.5 Å². The first kappa shape index (κ1) is 15.5. The predicted octanol–water partition coefficient (Wildman–Crippen LogP) is 2.84. The van der Waals surface area contributed by atoms with Crippen LogP contribution in [0.5, 0.6) is 0 Å². The average molecular weight is 303 g/mol. The quantitative estimate of drug-likeness (QED) is 0.380. The topological polar surface area (TPSA) is 59.9 Å². The number of benzene rings is 1. The van der Waals surface area contributed by atoms with Gasteiger partial charge in [-0.05, 0) is 18.2 Å². The normalized spacial score (nSPS) is 11.7. The van der Waals surface area contributed by atoms with Gasteiger partial charge in [0.2, 0.25) is 0 Å². The van der Waals surface area contributed by atoms with E-state index in [4.69, 9.17) is 23.2 Å². The highest BCUT2D eigenvalue weighted by Crippen LogP contribution is 2.23. The van der Waals surface area contributed by atoms with E-state index >= 15 is 0 Å². The van der Waals surface area contributed by atoms with E-state index in [1.165, 1.54) is 32.7 Å². The van der Waals surface area contributed by atoms with Gasteiger partial charge in [-0.1, -0.05) is 28.4 Å². The number of hydrogen-bond donors (Lipinski definition) is 1. The number of Topliss-reactive ketones (excluding diaryl/α,β-unsaturated/α-hetero) is 1. The maximum Gasteiger partial charge on any atom is 0.196 e. The number of carbonyl (C=O) groups excluding carboxylic acids is 1. The summed E-state index contributed by atoms with van der Waals surface area (Å²) in [6.45, 7) is 0. The molecule has 0 amide bonds. The minimum Gasteiger partial charge on any atom is -0.399 e. The molecule has 0 radical (unpaired) electrons. The molecule has 0 aliphatic heterocycles. The van der Waals surface area contributed by atoms with Gasteiger partial charge in [0.1, 0.15) is 7.11 Å². The van der Waals surface area contributed by atoms with E-state index in [1.54, 1.807) is 12.1 Å². The number of carbonyl (C=O) groups is 1.